The van der Waals surface area contributed by atoms with Gasteiger partial charge in [-0.05, 0) is 37.3 Å². The van der Waals surface area contributed by atoms with Gasteiger partial charge in [0.2, 0.25) is 11.2 Å². The first kappa shape index (κ1) is 13.3. The van der Waals surface area contributed by atoms with Gasteiger partial charge in [0.05, 0.1) is 0 Å². The zero-order valence-electron chi connectivity index (χ0n) is 11.1. The van der Waals surface area contributed by atoms with Crippen LogP contribution in [-0.4, -0.2) is 30.6 Å². The molecule has 1 saturated carbocycles. The molecule has 0 bridgehead atoms. The van der Waals surface area contributed by atoms with Gasteiger partial charge in [-0.15, -0.1) is 0 Å². The Morgan fingerprint density at radius 2 is 1.90 bits per heavy atom. The SMILES string of the molecule is Clc1nc(OC2CCCCCC2)nc(-n2ccnc2)n1. The van der Waals surface area contributed by atoms with E-state index in [2.05, 4.69) is 19.9 Å². The molecule has 3 rings (SSSR count). The van der Waals surface area contributed by atoms with E-state index in [0.29, 0.717) is 12.0 Å². The van der Waals surface area contributed by atoms with E-state index in [4.69, 9.17) is 16.3 Å². The van der Waals surface area contributed by atoms with E-state index < -0.39 is 0 Å². The van der Waals surface area contributed by atoms with Crippen molar-refractivity contribution in [2.24, 2.45) is 0 Å². The summed E-state index contributed by atoms with van der Waals surface area (Å²) in [5.74, 6) is 0.422. The Kier molecular flexibility index (Phi) is 4.11. The molecule has 2 aromatic rings. The molecule has 0 N–H and O–H groups in total. The van der Waals surface area contributed by atoms with Crippen molar-refractivity contribution in [1.82, 2.24) is 24.5 Å². The summed E-state index contributed by atoms with van der Waals surface area (Å²) in [6, 6.07) is 0.292. The van der Waals surface area contributed by atoms with Crippen LogP contribution < -0.4 is 4.74 Å². The lowest BCUT2D eigenvalue weighted by atomic mass is 10.2. The first-order valence-corrected chi connectivity index (χ1v) is 7.25. The maximum atomic E-state index is 5.94. The molecule has 7 heteroatoms. The largest absolute Gasteiger partial charge is 0.460 e. The summed E-state index contributed by atoms with van der Waals surface area (Å²) in [5.41, 5.74) is 0. The molecule has 1 aliphatic rings. The van der Waals surface area contributed by atoms with Crippen LogP contribution in [0.25, 0.3) is 5.95 Å². The highest BCUT2D eigenvalue weighted by atomic mass is 35.5. The topological polar surface area (TPSA) is 65.7 Å². The van der Waals surface area contributed by atoms with Crippen molar-refractivity contribution >= 4 is 11.6 Å². The summed E-state index contributed by atoms with van der Waals surface area (Å²) in [7, 11) is 0. The molecule has 20 heavy (non-hydrogen) atoms. The second-order valence-electron chi connectivity index (χ2n) is 4.89. The van der Waals surface area contributed by atoms with Gasteiger partial charge >= 0.3 is 6.01 Å². The number of ether oxygens (including phenoxy) is 1. The summed E-state index contributed by atoms with van der Waals surface area (Å²) >= 11 is 5.94. The van der Waals surface area contributed by atoms with Gasteiger partial charge in [0.1, 0.15) is 12.4 Å². The fraction of sp³-hybridized carbons (Fsp3) is 0.538. The van der Waals surface area contributed by atoms with Crippen LogP contribution in [0.1, 0.15) is 38.5 Å². The number of hydrogen-bond donors (Lipinski definition) is 0. The van der Waals surface area contributed by atoms with Crippen LogP contribution in [-0.2, 0) is 0 Å². The normalized spacial score (nSPS) is 16.9. The minimum absolute atomic E-state index is 0.132. The van der Waals surface area contributed by atoms with Crippen molar-refractivity contribution < 1.29 is 4.74 Å². The van der Waals surface area contributed by atoms with E-state index in [-0.39, 0.29) is 11.4 Å². The Labute approximate surface area is 122 Å². The van der Waals surface area contributed by atoms with Gasteiger partial charge in [0, 0.05) is 12.4 Å². The van der Waals surface area contributed by atoms with E-state index in [0.717, 1.165) is 12.8 Å². The Hall–Kier alpha value is -1.69. The molecule has 0 spiro atoms. The lowest BCUT2D eigenvalue weighted by Gasteiger charge is -2.15. The van der Waals surface area contributed by atoms with Gasteiger partial charge < -0.3 is 4.74 Å². The molecule has 0 saturated heterocycles. The van der Waals surface area contributed by atoms with E-state index in [1.54, 1.807) is 23.3 Å². The molecule has 1 aliphatic carbocycles. The lowest BCUT2D eigenvalue weighted by Crippen LogP contribution is -2.17. The predicted molar refractivity (Wildman–Crippen MR) is 74.1 cm³/mol. The number of halogens is 1. The van der Waals surface area contributed by atoms with Crippen LogP contribution in [0.2, 0.25) is 5.28 Å². The quantitative estimate of drug-likeness (QED) is 0.814. The van der Waals surface area contributed by atoms with Crippen molar-refractivity contribution in [2.75, 3.05) is 0 Å². The first-order chi connectivity index (χ1) is 9.81. The van der Waals surface area contributed by atoms with Crippen LogP contribution in [0.4, 0.5) is 0 Å². The summed E-state index contributed by atoms with van der Waals surface area (Å²) in [4.78, 5) is 16.4. The van der Waals surface area contributed by atoms with Crippen LogP contribution in [0, 0.1) is 0 Å². The summed E-state index contributed by atoms with van der Waals surface area (Å²) < 4.78 is 7.55. The second kappa shape index (κ2) is 6.17. The minimum Gasteiger partial charge on any atom is -0.460 e. The zero-order valence-corrected chi connectivity index (χ0v) is 11.8. The van der Waals surface area contributed by atoms with Gasteiger partial charge in [-0.25, -0.2) is 4.98 Å². The van der Waals surface area contributed by atoms with Gasteiger partial charge in [0.25, 0.3) is 0 Å². The molecule has 0 unspecified atom stereocenters. The molecule has 2 aromatic heterocycles. The molecule has 6 nitrogen and oxygen atoms in total. The summed E-state index contributed by atoms with van der Waals surface area (Å²) in [5, 5.41) is 0.132. The van der Waals surface area contributed by atoms with E-state index in [9.17, 15) is 0 Å². The smallest absolute Gasteiger partial charge is 0.322 e. The monoisotopic (exact) mass is 293 g/mol. The fourth-order valence-electron chi connectivity index (χ4n) is 2.38. The number of rotatable bonds is 3. The van der Waals surface area contributed by atoms with Crippen molar-refractivity contribution in [3.05, 3.63) is 24.0 Å². The van der Waals surface area contributed by atoms with Gasteiger partial charge in [0.15, 0.2) is 0 Å². The Morgan fingerprint density at radius 1 is 1.10 bits per heavy atom. The zero-order chi connectivity index (χ0) is 13.8. The summed E-state index contributed by atoms with van der Waals surface area (Å²) in [6.45, 7) is 0. The average molecular weight is 294 g/mol. The average Bonchev–Trinajstić information content (AvgIpc) is 2.85. The third-order valence-electron chi connectivity index (χ3n) is 3.39. The maximum Gasteiger partial charge on any atom is 0.322 e. The number of imidazole rings is 1. The fourth-order valence-corrected chi connectivity index (χ4v) is 2.52. The van der Waals surface area contributed by atoms with Crippen LogP contribution >= 0.6 is 11.6 Å². The molecule has 0 aliphatic heterocycles. The first-order valence-electron chi connectivity index (χ1n) is 6.88. The molecule has 2 heterocycles. The highest BCUT2D eigenvalue weighted by Gasteiger charge is 2.16. The highest BCUT2D eigenvalue weighted by molar-refractivity contribution is 6.28. The molecule has 106 valence electrons. The maximum absolute atomic E-state index is 5.94. The van der Waals surface area contributed by atoms with Crippen molar-refractivity contribution in [3.63, 3.8) is 0 Å². The Morgan fingerprint density at radius 3 is 2.60 bits per heavy atom. The molecular weight excluding hydrogens is 278 g/mol. The predicted octanol–water partition coefficient (Wildman–Crippen LogP) is 2.81. The Balaban J connectivity index is 1.79. The van der Waals surface area contributed by atoms with Gasteiger partial charge in [-0.2, -0.15) is 15.0 Å². The number of hydrogen-bond acceptors (Lipinski definition) is 5. The lowest BCUT2D eigenvalue weighted by molar-refractivity contribution is 0.167. The van der Waals surface area contributed by atoms with Gasteiger partial charge in [-0.3, -0.25) is 4.57 Å². The minimum atomic E-state index is 0.132. The van der Waals surface area contributed by atoms with E-state index in [1.807, 2.05) is 0 Å². The molecule has 0 amide bonds. The van der Waals surface area contributed by atoms with Gasteiger partial charge in [-0.1, -0.05) is 12.8 Å². The third-order valence-corrected chi connectivity index (χ3v) is 3.55. The molecule has 0 aromatic carbocycles. The summed E-state index contributed by atoms with van der Waals surface area (Å²) in [6.07, 6.45) is 12.2. The molecule has 1 fully saturated rings. The van der Waals surface area contributed by atoms with E-state index in [1.165, 1.54) is 25.7 Å². The molecular formula is C13H16ClN5O. The van der Waals surface area contributed by atoms with E-state index >= 15 is 0 Å². The molecule has 0 radical (unpaired) electrons. The Bertz CT molecular complexity index is 552. The highest BCUT2D eigenvalue weighted by Crippen LogP contribution is 2.21. The van der Waals surface area contributed by atoms with Crippen molar-refractivity contribution in [2.45, 2.75) is 44.6 Å². The number of nitrogens with zero attached hydrogens (tertiary/aromatic N) is 5. The van der Waals surface area contributed by atoms with Crippen molar-refractivity contribution in [1.29, 1.82) is 0 Å². The standard InChI is InChI=1S/C13H16ClN5O/c14-11-16-12(19-8-7-15-9-19)18-13(17-11)20-10-5-3-1-2-4-6-10/h7-10H,1-6H2. The number of aromatic nitrogens is 5. The van der Waals surface area contributed by atoms with Crippen LogP contribution in [0.5, 0.6) is 6.01 Å². The second-order valence-corrected chi connectivity index (χ2v) is 5.23. The third kappa shape index (κ3) is 3.25. The van der Waals surface area contributed by atoms with Crippen LogP contribution in [0.3, 0.4) is 0 Å². The van der Waals surface area contributed by atoms with Crippen molar-refractivity contribution in [3.8, 4) is 12.0 Å². The van der Waals surface area contributed by atoms with Crippen LogP contribution in [0.15, 0.2) is 18.7 Å². The molecule has 0 atom stereocenters.